The van der Waals surface area contributed by atoms with Gasteiger partial charge in [-0.05, 0) is 38.1 Å². The van der Waals surface area contributed by atoms with Gasteiger partial charge in [0.15, 0.2) is 0 Å². The Labute approximate surface area is 117 Å². The van der Waals surface area contributed by atoms with Crippen LogP contribution in [0.5, 0.6) is 0 Å². The summed E-state index contributed by atoms with van der Waals surface area (Å²) in [6.07, 6.45) is 2.96. The number of carbonyl (C=O) groups is 1. The minimum Gasteiger partial charge on any atom is -0.384 e. The van der Waals surface area contributed by atoms with Crippen molar-refractivity contribution in [3.8, 4) is 0 Å². The third kappa shape index (κ3) is 3.74. The van der Waals surface area contributed by atoms with Gasteiger partial charge in [-0.2, -0.15) is 0 Å². The quantitative estimate of drug-likeness (QED) is 0.844. The number of halogens is 1. The normalized spacial score (nSPS) is 17.7. The topological polar surface area (TPSA) is 63.2 Å². The number of hydrogen-bond acceptors (Lipinski definition) is 4. The van der Waals surface area contributed by atoms with Crippen molar-refractivity contribution in [2.24, 2.45) is 5.41 Å². The highest BCUT2D eigenvalue weighted by Crippen LogP contribution is 2.28. The smallest absolute Gasteiger partial charge is 0.269 e. The maximum Gasteiger partial charge on any atom is 0.269 e. The molecule has 2 heterocycles. The monoisotopic (exact) mass is 281 g/mol. The lowest BCUT2D eigenvalue weighted by Gasteiger charge is -2.37. The van der Waals surface area contributed by atoms with Crippen LogP contribution in [-0.2, 0) is 4.74 Å². The molecule has 0 saturated carbocycles. The number of nitrogens with one attached hydrogen (secondary N) is 2. The highest BCUT2D eigenvalue weighted by atomic mass is 19.1. The van der Waals surface area contributed by atoms with Crippen molar-refractivity contribution in [3.63, 3.8) is 0 Å². The fourth-order valence-corrected chi connectivity index (χ4v) is 2.50. The van der Waals surface area contributed by atoms with Gasteiger partial charge in [-0.3, -0.25) is 4.79 Å². The van der Waals surface area contributed by atoms with Crippen molar-refractivity contribution in [1.29, 1.82) is 0 Å². The number of carbonyl (C=O) groups excluding carboxylic acids is 1. The van der Waals surface area contributed by atoms with Crippen LogP contribution in [0, 0.1) is 11.2 Å². The number of amides is 1. The lowest BCUT2D eigenvalue weighted by molar-refractivity contribution is 0.0510. The first-order chi connectivity index (χ1) is 9.65. The summed E-state index contributed by atoms with van der Waals surface area (Å²) < 4.78 is 18.1. The van der Waals surface area contributed by atoms with E-state index in [0.717, 1.165) is 32.1 Å². The van der Waals surface area contributed by atoms with Gasteiger partial charge in [-0.25, -0.2) is 9.37 Å². The Morgan fingerprint density at radius 1 is 1.50 bits per heavy atom. The van der Waals surface area contributed by atoms with Gasteiger partial charge < -0.3 is 15.4 Å². The summed E-state index contributed by atoms with van der Waals surface area (Å²) in [5.74, 6) is -0.727. The number of rotatable bonds is 5. The largest absolute Gasteiger partial charge is 0.384 e. The highest BCUT2D eigenvalue weighted by molar-refractivity contribution is 5.92. The minimum absolute atomic E-state index is 0.0321. The number of piperidine rings is 1. The van der Waals surface area contributed by atoms with Crippen molar-refractivity contribution in [1.82, 2.24) is 15.6 Å². The third-order valence-electron chi connectivity index (χ3n) is 3.70. The standard InChI is InChI=1S/C14H20FN3O2/c1-20-10-14(4-6-16-7-5-14)9-18-13(19)12-3-2-11(15)8-17-12/h2-3,8,16H,4-7,9-10H2,1H3,(H,18,19). The van der Waals surface area contributed by atoms with Crippen molar-refractivity contribution < 1.29 is 13.9 Å². The molecule has 0 unspecified atom stereocenters. The Hall–Kier alpha value is -1.53. The van der Waals surface area contributed by atoms with Crippen LogP contribution in [0.25, 0.3) is 0 Å². The van der Waals surface area contributed by atoms with Crippen LogP contribution in [0.3, 0.4) is 0 Å². The van der Waals surface area contributed by atoms with E-state index in [-0.39, 0.29) is 17.0 Å². The molecule has 1 aliphatic rings. The number of methoxy groups -OCH3 is 1. The van der Waals surface area contributed by atoms with Crippen molar-refractivity contribution >= 4 is 5.91 Å². The summed E-state index contributed by atoms with van der Waals surface area (Å²) in [4.78, 5) is 15.8. The predicted molar refractivity (Wildman–Crippen MR) is 72.9 cm³/mol. The summed E-state index contributed by atoms with van der Waals surface area (Å²) in [6, 6.07) is 2.62. The van der Waals surface area contributed by atoms with Gasteiger partial charge in [0, 0.05) is 19.1 Å². The summed E-state index contributed by atoms with van der Waals surface area (Å²) in [6.45, 7) is 3.01. The Bertz CT molecular complexity index is 439. The fourth-order valence-electron chi connectivity index (χ4n) is 2.50. The Morgan fingerprint density at radius 3 is 2.85 bits per heavy atom. The van der Waals surface area contributed by atoms with Crippen LogP contribution in [0.4, 0.5) is 4.39 Å². The summed E-state index contributed by atoms with van der Waals surface area (Å²) in [7, 11) is 1.67. The molecule has 0 aliphatic carbocycles. The summed E-state index contributed by atoms with van der Waals surface area (Å²) in [5.41, 5.74) is 0.197. The number of ether oxygens (including phenoxy) is 1. The molecular weight excluding hydrogens is 261 g/mol. The molecule has 1 fully saturated rings. The lowest BCUT2D eigenvalue weighted by atomic mass is 9.79. The van der Waals surface area contributed by atoms with E-state index in [1.807, 2.05) is 0 Å². The first-order valence-corrected chi connectivity index (χ1v) is 6.75. The molecule has 0 bridgehead atoms. The van der Waals surface area contributed by atoms with Crippen LogP contribution < -0.4 is 10.6 Å². The highest BCUT2D eigenvalue weighted by Gasteiger charge is 2.32. The van der Waals surface area contributed by atoms with Crippen LogP contribution >= 0.6 is 0 Å². The predicted octanol–water partition coefficient (Wildman–Crippen LogP) is 0.967. The molecular formula is C14H20FN3O2. The van der Waals surface area contributed by atoms with Crippen LogP contribution in [0.15, 0.2) is 18.3 Å². The second-order valence-corrected chi connectivity index (χ2v) is 5.23. The number of pyridine rings is 1. The van der Waals surface area contributed by atoms with Gasteiger partial charge in [0.1, 0.15) is 11.5 Å². The molecule has 1 amide bonds. The van der Waals surface area contributed by atoms with Crippen LogP contribution in [-0.4, -0.2) is 44.2 Å². The molecule has 1 aromatic rings. The number of aromatic nitrogens is 1. The third-order valence-corrected chi connectivity index (χ3v) is 3.70. The first kappa shape index (κ1) is 14.9. The molecule has 5 nitrogen and oxygen atoms in total. The first-order valence-electron chi connectivity index (χ1n) is 6.75. The molecule has 1 aliphatic heterocycles. The molecule has 0 aromatic carbocycles. The molecule has 2 rings (SSSR count). The molecule has 110 valence electrons. The van der Waals surface area contributed by atoms with Gasteiger partial charge in [0.25, 0.3) is 5.91 Å². The molecule has 0 atom stereocenters. The lowest BCUT2D eigenvalue weighted by Crippen LogP contribution is -2.47. The van der Waals surface area contributed by atoms with E-state index in [4.69, 9.17) is 4.74 Å². The van der Waals surface area contributed by atoms with E-state index in [9.17, 15) is 9.18 Å². The maximum atomic E-state index is 12.8. The minimum atomic E-state index is -0.448. The van der Waals surface area contributed by atoms with Crippen molar-refractivity contribution in [3.05, 3.63) is 29.8 Å². The fraction of sp³-hybridized carbons (Fsp3) is 0.571. The molecule has 6 heteroatoms. The molecule has 2 N–H and O–H groups in total. The van der Waals surface area contributed by atoms with Gasteiger partial charge >= 0.3 is 0 Å². The average Bonchev–Trinajstić information content (AvgIpc) is 2.47. The number of nitrogens with zero attached hydrogens (tertiary/aromatic N) is 1. The molecule has 0 radical (unpaired) electrons. The zero-order valence-corrected chi connectivity index (χ0v) is 11.6. The van der Waals surface area contributed by atoms with E-state index < -0.39 is 5.82 Å². The molecule has 1 aromatic heterocycles. The summed E-state index contributed by atoms with van der Waals surface area (Å²) >= 11 is 0. The van der Waals surface area contributed by atoms with Gasteiger partial charge in [-0.15, -0.1) is 0 Å². The van der Waals surface area contributed by atoms with Gasteiger partial charge in [-0.1, -0.05) is 0 Å². The molecule has 1 saturated heterocycles. The van der Waals surface area contributed by atoms with Gasteiger partial charge in [0.05, 0.1) is 12.8 Å². The van der Waals surface area contributed by atoms with Crippen LogP contribution in [0.2, 0.25) is 0 Å². The molecule has 0 spiro atoms. The zero-order chi connectivity index (χ0) is 14.4. The SMILES string of the molecule is COCC1(CNC(=O)c2ccc(F)cn2)CCNCC1. The molecule has 20 heavy (non-hydrogen) atoms. The average molecular weight is 281 g/mol. The maximum absolute atomic E-state index is 12.8. The van der Waals surface area contributed by atoms with Gasteiger partial charge in [0.2, 0.25) is 0 Å². The zero-order valence-electron chi connectivity index (χ0n) is 11.6. The summed E-state index contributed by atoms with van der Waals surface area (Å²) in [5, 5.41) is 6.18. The van der Waals surface area contributed by atoms with E-state index >= 15 is 0 Å². The second kappa shape index (κ2) is 6.76. The van der Waals surface area contributed by atoms with E-state index in [1.54, 1.807) is 7.11 Å². The van der Waals surface area contributed by atoms with Crippen molar-refractivity contribution in [2.45, 2.75) is 12.8 Å². The Kier molecular flexibility index (Phi) is 5.03. The Balaban J connectivity index is 1.94. The van der Waals surface area contributed by atoms with E-state index in [2.05, 4.69) is 15.6 Å². The van der Waals surface area contributed by atoms with E-state index in [0.29, 0.717) is 13.2 Å². The second-order valence-electron chi connectivity index (χ2n) is 5.23. The number of hydrogen-bond donors (Lipinski definition) is 2. The van der Waals surface area contributed by atoms with Crippen molar-refractivity contribution in [2.75, 3.05) is 33.4 Å². The van der Waals surface area contributed by atoms with E-state index in [1.165, 1.54) is 12.1 Å². The Morgan fingerprint density at radius 2 is 2.25 bits per heavy atom. The van der Waals surface area contributed by atoms with Crippen LogP contribution in [0.1, 0.15) is 23.3 Å².